The molecule has 0 aromatic heterocycles. The zero-order valence-corrected chi connectivity index (χ0v) is 9.57. The molecule has 0 N–H and O–H groups in total. The second kappa shape index (κ2) is 4.58. The van der Waals surface area contributed by atoms with Crippen molar-refractivity contribution in [2.75, 3.05) is 25.1 Å². The molecule has 2 heteroatoms. The summed E-state index contributed by atoms with van der Waals surface area (Å²) in [5, 5.41) is 0. The third kappa shape index (κ3) is 1.83. The molecule has 1 heterocycles. The molecule has 0 aliphatic carbocycles. The molecule has 72 valence electrons. The quantitative estimate of drug-likeness (QED) is 0.617. The summed E-state index contributed by atoms with van der Waals surface area (Å²) in [7, 11) is -0.709. The van der Waals surface area contributed by atoms with Crippen molar-refractivity contribution in [3.05, 3.63) is 0 Å². The minimum atomic E-state index is -0.709. The number of hydrogen-bond donors (Lipinski definition) is 0. The van der Waals surface area contributed by atoms with E-state index in [1.54, 1.807) is 0 Å². The summed E-state index contributed by atoms with van der Waals surface area (Å²) in [5.41, 5.74) is 0. The molecule has 0 saturated carbocycles. The van der Waals surface area contributed by atoms with Crippen LogP contribution in [0.1, 0.15) is 33.6 Å². The summed E-state index contributed by atoms with van der Waals surface area (Å²) < 4.78 is 5.84. The normalized spacial score (nSPS) is 24.8. The van der Waals surface area contributed by atoms with Crippen LogP contribution in [0.2, 0.25) is 0 Å². The average molecular weight is 189 g/mol. The first-order valence-corrected chi connectivity index (χ1v) is 7.67. The Morgan fingerprint density at radius 1 is 1.17 bits per heavy atom. The van der Waals surface area contributed by atoms with Crippen LogP contribution in [0.25, 0.3) is 0 Å². The van der Waals surface area contributed by atoms with E-state index in [1.165, 1.54) is 31.3 Å². The average Bonchev–Trinajstić information content (AvgIpc) is 2.62. The fourth-order valence-corrected chi connectivity index (χ4v) is 5.99. The first-order chi connectivity index (χ1) is 5.79. The van der Waals surface area contributed by atoms with Crippen molar-refractivity contribution < 1.29 is 4.74 Å². The third-order valence-corrected chi connectivity index (χ3v) is 8.81. The maximum absolute atomic E-state index is 5.84. The van der Waals surface area contributed by atoms with Crippen molar-refractivity contribution in [3.63, 3.8) is 0 Å². The van der Waals surface area contributed by atoms with Gasteiger partial charge >= 0.3 is 0 Å². The standard InChI is InChI=1S/C10H22OP/c1-4-12(5-2,6-3)10-8-7-9-11-10/h10H,4-9H2,1-3H3/q+1. The van der Waals surface area contributed by atoms with E-state index in [4.69, 9.17) is 4.74 Å². The van der Waals surface area contributed by atoms with Crippen LogP contribution >= 0.6 is 7.26 Å². The molecule has 0 spiro atoms. The predicted molar refractivity (Wildman–Crippen MR) is 57.5 cm³/mol. The lowest BCUT2D eigenvalue weighted by Gasteiger charge is -2.28. The largest absolute Gasteiger partial charge is 0.344 e. The molecule has 12 heavy (non-hydrogen) atoms. The van der Waals surface area contributed by atoms with Crippen molar-refractivity contribution in [1.29, 1.82) is 0 Å². The van der Waals surface area contributed by atoms with Crippen LogP contribution in [0.4, 0.5) is 0 Å². The SMILES string of the molecule is CC[P+](CC)(CC)C1CCCO1. The Morgan fingerprint density at radius 2 is 1.75 bits per heavy atom. The van der Waals surface area contributed by atoms with E-state index in [-0.39, 0.29) is 0 Å². The smallest absolute Gasteiger partial charge is 0.166 e. The summed E-state index contributed by atoms with van der Waals surface area (Å²) in [5.74, 6) is 0.664. The second-order valence-corrected chi connectivity index (χ2v) is 8.55. The Morgan fingerprint density at radius 3 is 2.08 bits per heavy atom. The van der Waals surface area contributed by atoms with Crippen LogP contribution in [0.3, 0.4) is 0 Å². The molecule has 0 amide bonds. The maximum Gasteiger partial charge on any atom is 0.166 e. The van der Waals surface area contributed by atoms with E-state index < -0.39 is 7.26 Å². The Hall–Kier alpha value is 0.390. The van der Waals surface area contributed by atoms with Gasteiger partial charge in [0.2, 0.25) is 0 Å². The highest BCUT2D eigenvalue weighted by Crippen LogP contribution is 2.64. The van der Waals surface area contributed by atoms with Gasteiger partial charge in [0.25, 0.3) is 0 Å². The molecule has 1 saturated heterocycles. The summed E-state index contributed by atoms with van der Waals surface area (Å²) >= 11 is 0. The Balaban J connectivity index is 2.61. The van der Waals surface area contributed by atoms with Crippen molar-refractivity contribution in [1.82, 2.24) is 0 Å². The number of hydrogen-bond acceptors (Lipinski definition) is 1. The summed E-state index contributed by atoms with van der Waals surface area (Å²) in [6.07, 6.45) is 6.77. The fourth-order valence-electron chi connectivity index (χ4n) is 2.27. The molecule has 0 aromatic rings. The van der Waals surface area contributed by atoms with Gasteiger partial charge < -0.3 is 4.74 Å². The van der Waals surface area contributed by atoms with Crippen molar-refractivity contribution in [2.45, 2.75) is 39.5 Å². The highest BCUT2D eigenvalue weighted by Gasteiger charge is 2.43. The monoisotopic (exact) mass is 189 g/mol. The molecule has 1 unspecified atom stereocenters. The molecule has 1 aliphatic rings. The van der Waals surface area contributed by atoms with Crippen LogP contribution in [-0.4, -0.2) is 30.9 Å². The third-order valence-electron chi connectivity index (χ3n) is 3.41. The van der Waals surface area contributed by atoms with Crippen molar-refractivity contribution in [3.8, 4) is 0 Å². The van der Waals surface area contributed by atoms with Crippen LogP contribution < -0.4 is 0 Å². The molecule has 1 rings (SSSR count). The molecule has 1 fully saturated rings. The lowest BCUT2D eigenvalue weighted by atomic mass is 10.4. The van der Waals surface area contributed by atoms with Gasteiger partial charge in [-0.25, -0.2) is 0 Å². The molecule has 0 radical (unpaired) electrons. The molecular formula is C10H22OP+. The van der Waals surface area contributed by atoms with Crippen LogP contribution in [0.15, 0.2) is 0 Å². The lowest BCUT2D eigenvalue weighted by Crippen LogP contribution is -2.18. The minimum absolute atomic E-state index is 0.664. The summed E-state index contributed by atoms with van der Waals surface area (Å²) in [6.45, 7) is 8.07. The first kappa shape index (κ1) is 10.5. The highest BCUT2D eigenvalue weighted by atomic mass is 31.2. The molecule has 1 aliphatic heterocycles. The van der Waals surface area contributed by atoms with Gasteiger partial charge in [-0.15, -0.1) is 0 Å². The Labute approximate surface area is 77.2 Å². The summed E-state index contributed by atoms with van der Waals surface area (Å²) in [4.78, 5) is 0. The molecule has 1 nitrogen and oxygen atoms in total. The van der Waals surface area contributed by atoms with Gasteiger partial charge in [-0.3, -0.25) is 0 Å². The minimum Gasteiger partial charge on any atom is -0.344 e. The Kier molecular flexibility index (Phi) is 3.99. The number of ether oxygens (including phenoxy) is 1. The van der Waals surface area contributed by atoms with Gasteiger partial charge in [-0.1, -0.05) is 0 Å². The Bertz CT molecular complexity index is 118. The highest BCUT2D eigenvalue weighted by molar-refractivity contribution is 7.76. The fraction of sp³-hybridized carbons (Fsp3) is 1.00. The van der Waals surface area contributed by atoms with E-state index in [0.29, 0.717) is 5.85 Å². The van der Waals surface area contributed by atoms with Crippen LogP contribution in [0, 0.1) is 0 Å². The van der Waals surface area contributed by atoms with Crippen molar-refractivity contribution in [2.24, 2.45) is 0 Å². The summed E-state index contributed by atoms with van der Waals surface area (Å²) in [6, 6.07) is 0. The van der Waals surface area contributed by atoms with Crippen molar-refractivity contribution >= 4 is 7.26 Å². The van der Waals surface area contributed by atoms with Gasteiger partial charge in [0.05, 0.1) is 25.1 Å². The second-order valence-electron chi connectivity index (χ2n) is 3.63. The zero-order chi connectivity index (χ0) is 9.03. The first-order valence-electron chi connectivity index (χ1n) is 5.26. The van der Waals surface area contributed by atoms with E-state index in [0.717, 1.165) is 6.61 Å². The van der Waals surface area contributed by atoms with E-state index in [1.807, 2.05) is 0 Å². The van der Waals surface area contributed by atoms with E-state index in [2.05, 4.69) is 20.8 Å². The van der Waals surface area contributed by atoms with Gasteiger partial charge in [-0.05, 0) is 27.2 Å². The molecule has 1 atom stereocenters. The number of rotatable bonds is 4. The van der Waals surface area contributed by atoms with E-state index >= 15 is 0 Å². The van der Waals surface area contributed by atoms with Crippen LogP contribution in [0.5, 0.6) is 0 Å². The van der Waals surface area contributed by atoms with Gasteiger partial charge in [0, 0.05) is 13.7 Å². The predicted octanol–water partition coefficient (Wildman–Crippen LogP) is 3.20. The zero-order valence-electron chi connectivity index (χ0n) is 8.68. The lowest BCUT2D eigenvalue weighted by molar-refractivity contribution is 0.167. The van der Waals surface area contributed by atoms with Gasteiger partial charge in [0.1, 0.15) is 0 Å². The molecular weight excluding hydrogens is 167 g/mol. The van der Waals surface area contributed by atoms with Crippen LogP contribution in [-0.2, 0) is 4.74 Å². The topological polar surface area (TPSA) is 9.23 Å². The molecule has 0 aromatic carbocycles. The van der Waals surface area contributed by atoms with Gasteiger partial charge in [-0.2, -0.15) is 0 Å². The van der Waals surface area contributed by atoms with E-state index in [9.17, 15) is 0 Å². The maximum atomic E-state index is 5.84. The van der Waals surface area contributed by atoms with Gasteiger partial charge in [0.15, 0.2) is 5.85 Å². The molecule has 0 bridgehead atoms.